The molecule has 20 heavy (non-hydrogen) atoms. The Labute approximate surface area is 121 Å². The summed E-state index contributed by atoms with van der Waals surface area (Å²) in [6.07, 6.45) is 6.11. The second kappa shape index (κ2) is 11.2. The van der Waals surface area contributed by atoms with Crippen molar-refractivity contribution in [2.45, 2.75) is 19.3 Å². The zero-order valence-electron chi connectivity index (χ0n) is 12.6. The Balaban J connectivity index is 0.000000361. The summed E-state index contributed by atoms with van der Waals surface area (Å²) in [5, 5.41) is 2.84. The number of likely N-dealkylation sites (N-methyl/N-ethyl adjacent to an activating group) is 1. The van der Waals surface area contributed by atoms with Gasteiger partial charge < -0.3 is 15.0 Å². The molecular formula is C15H26N2O3. The molecule has 0 bridgehead atoms. The van der Waals surface area contributed by atoms with Crippen LogP contribution in [0.4, 0.5) is 0 Å². The number of carbonyl (C=O) groups is 2. The first-order chi connectivity index (χ1) is 9.51. The van der Waals surface area contributed by atoms with E-state index in [1.54, 1.807) is 6.08 Å². The molecule has 0 radical (unpaired) electrons. The largest absolute Gasteiger partial charge is 0.461 e. The van der Waals surface area contributed by atoms with E-state index in [1.807, 2.05) is 19.0 Å². The van der Waals surface area contributed by atoms with Crippen LogP contribution in [0.1, 0.15) is 19.3 Å². The van der Waals surface area contributed by atoms with Crippen molar-refractivity contribution < 1.29 is 14.3 Å². The number of hydrogen-bond donors (Lipinski definition) is 1. The highest BCUT2D eigenvalue weighted by Crippen LogP contribution is 2.12. The van der Waals surface area contributed by atoms with Gasteiger partial charge in [0.2, 0.25) is 5.91 Å². The Bertz CT molecular complexity index is 327. The van der Waals surface area contributed by atoms with Crippen LogP contribution in [0.5, 0.6) is 0 Å². The highest BCUT2D eigenvalue weighted by Gasteiger charge is 2.16. The Hall–Kier alpha value is -1.62. The molecule has 0 aromatic rings. The van der Waals surface area contributed by atoms with Crippen molar-refractivity contribution in [3.05, 3.63) is 25.3 Å². The summed E-state index contributed by atoms with van der Waals surface area (Å²) in [5.74, 6) is -0.156. The average Bonchev–Trinajstić information content (AvgIpc) is 2.63. The predicted octanol–water partition coefficient (Wildman–Crippen LogP) is 1.37. The van der Waals surface area contributed by atoms with Gasteiger partial charge >= 0.3 is 5.97 Å². The molecule has 0 aromatic carbocycles. The molecule has 114 valence electrons. The van der Waals surface area contributed by atoms with E-state index >= 15 is 0 Å². The zero-order chi connectivity index (χ0) is 15.4. The minimum Gasteiger partial charge on any atom is -0.461 e. The molecule has 1 N–H and O–H groups in total. The quantitative estimate of drug-likeness (QED) is 0.470. The maximum Gasteiger partial charge on any atom is 0.330 e. The van der Waals surface area contributed by atoms with Gasteiger partial charge in [0.25, 0.3) is 0 Å². The molecular weight excluding hydrogens is 256 g/mol. The molecule has 0 spiro atoms. The Morgan fingerprint density at radius 2 is 2.15 bits per heavy atom. The summed E-state index contributed by atoms with van der Waals surface area (Å²) < 4.78 is 4.70. The molecule has 0 aromatic heterocycles. The van der Waals surface area contributed by atoms with Crippen molar-refractivity contribution in [3.8, 4) is 0 Å². The first kappa shape index (κ1) is 18.4. The van der Waals surface area contributed by atoms with Crippen molar-refractivity contribution in [2.24, 2.45) is 5.92 Å². The van der Waals surface area contributed by atoms with Crippen molar-refractivity contribution in [1.82, 2.24) is 10.2 Å². The van der Waals surface area contributed by atoms with Crippen LogP contribution in [0.2, 0.25) is 0 Å². The molecule has 1 atom stereocenters. The van der Waals surface area contributed by atoms with Crippen molar-refractivity contribution >= 4 is 11.9 Å². The van der Waals surface area contributed by atoms with Crippen LogP contribution in [-0.4, -0.2) is 50.6 Å². The molecule has 5 heteroatoms. The van der Waals surface area contributed by atoms with E-state index in [0.717, 1.165) is 38.4 Å². The van der Waals surface area contributed by atoms with Crippen molar-refractivity contribution in [3.63, 3.8) is 0 Å². The highest BCUT2D eigenvalue weighted by molar-refractivity contribution is 5.81. The third kappa shape index (κ3) is 9.33. The lowest BCUT2D eigenvalue weighted by atomic mass is 10.0. The molecule has 1 amide bonds. The van der Waals surface area contributed by atoms with Gasteiger partial charge in [0.05, 0.1) is 5.92 Å². The number of rotatable bonds is 5. The summed E-state index contributed by atoms with van der Waals surface area (Å²) in [6.45, 7) is 8.90. The molecule has 1 heterocycles. The number of carbonyl (C=O) groups excluding carboxylic acids is 2. The minimum atomic E-state index is -0.359. The number of amides is 1. The molecule has 1 aliphatic rings. The van der Waals surface area contributed by atoms with E-state index in [9.17, 15) is 9.59 Å². The molecule has 1 aliphatic heterocycles. The van der Waals surface area contributed by atoms with Crippen LogP contribution >= 0.6 is 0 Å². The minimum absolute atomic E-state index is 0.0579. The number of hydrogen-bond acceptors (Lipinski definition) is 4. The van der Waals surface area contributed by atoms with Crippen molar-refractivity contribution in [1.29, 1.82) is 0 Å². The molecule has 1 saturated heterocycles. The average molecular weight is 282 g/mol. The van der Waals surface area contributed by atoms with E-state index in [0.29, 0.717) is 6.61 Å². The lowest BCUT2D eigenvalue weighted by molar-refractivity contribution is -0.138. The number of esters is 1. The zero-order valence-corrected chi connectivity index (χ0v) is 12.6. The first-order valence-corrected chi connectivity index (χ1v) is 6.85. The maximum atomic E-state index is 11.1. The van der Waals surface area contributed by atoms with Crippen molar-refractivity contribution in [2.75, 3.05) is 33.8 Å². The van der Waals surface area contributed by atoms with Gasteiger partial charge in [0.15, 0.2) is 0 Å². The van der Waals surface area contributed by atoms with E-state index in [4.69, 9.17) is 4.74 Å². The molecule has 1 rings (SSSR count). The normalized spacial score (nSPS) is 18.1. The number of ether oxygens (including phenoxy) is 1. The Kier molecular flexibility index (Phi) is 10.3. The fourth-order valence-electron chi connectivity index (χ4n) is 1.58. The lowest BCUT2D eigenvalue weighted by Gasteiger charge is -2.07. The van der Waals surface area contributed by atoms with E-state index in [1.165, 1.54) is 0 Å². The Morgan fingerprint density at radius 3 is 2.70 bits per heavy atom. The summed E-state index contributed by atoms with van der Waals surface area (Å²) >= 11 is 0. The topological polar surface area (TPSA) is 58.6 Å². The Morgan fingerprint density at radius 1 is 1.45 bits per heavy atom. The second-order valence-corrected chi connectivity index (χ2v) is 4.80. The van der Waals surface area contributed by atoms with E-state index in [-0.39, 0.29) is 17.8 Å². The first-order valence-electron chi connectivity index (χ1n) is 6.85. The van der Waals surface area contributed by atoms with Gasteiger partial charge in [-0.25, -0.2) is 4.79 Å². The lowest BCUT2D eigenvalue weighted by Crippen LogP contribution is -2.27. The van der Waals surface area contributed by atoms with Gasteiger partial charge in [-0.15, -0.1) is 6.58 Å². The van der Waals surface area contributed by atoms with Gasteiger partial charge in [-0.3, -0.25) is 4.79 Å². The summed E-state index contributed by atoms with van der Waals surface area (Å²) in [4.78, 5) is 23.4. The van der Waals surface area contributed by atoms with E-state index < -0.39 is 0 Å². The van der Waals surface area contributed by atoms with Crippen LogP contribution in [0.15, 0.2) is 25.3 Å². The fourth-order valence-corrected chi connectivity index (χ4v) is 1.58. The van der Waals surface area contributed by atoms with Crippen LogP contribution in [-0.2, 0) is 14.3 Å². The summed E-state index contributed by atoms with van der Waals surface area (Å²) in [5.41, 5.74) is 0. The van der Waals surface area contributed by atoms with Crippen LogP contribution < -0.4 is 5.32 Å². The SMILES string of the molecule is C=CC(=O)OCCN(C)C.C=CC1CCCCNC1=O. The molecule has 0 aliphatic carbocycles. The smallest absolute Gasteiger partial charge is 0.330 e. The second-order valence-electron chi connectivity index (χ2n) is 4.80. The van der Waals surface area contributed by atoms with Crippen LogP contribution in [0.3, 0.4) is 0 Å². The fraction of sp³-hybridized carbons (Fsp3) is 0.600. The maximum absolute atomic E-state index is 11.1. The van der Waals surface area contributed by atoms with Crippen LogP contribution in [0.25, 0.3) is 0 Å². The molecule has 1 unspecified atom stereocenters. The molecule has 0 saturated carbocycles. The molecule has 5 nitrogen and oxygen atoms in total. The molecule has 1 fully saturated rings. The van der Waals surface area contributed by atoms with Gasteiger partial charge in [-0.1, -0.05) is 19.1 Å². The highest BCUT2D eigenvalue weighted by atomic mass is 16.5. The van der Waals surface area contributed by atoms with Gasteiger partial charge in [0.1, 0.15) is 6.61 Å². The van der Waals surface area contributed by atoms with Gasteiger partial charge in [-0.05, 0) is 26.9 Å². The van der Waals surface area contributed by atoms with Gasteiger partial charge in [0, 0.05) is 19.2 Å². The number of nitrogens with zero attached hydrogens (tertiary/aromatic N) is 1. The van der Waals surface area contributed by atoms with Crippen LogP contribution in [0, 0.1) is 5.92 Å². The third-order valence-corrected chi connectivity index (χ3v) is 2.81. The predicted molar refractivity (Wildman–Crippen MR) is 80.3 cm³/mol. The standard InChI is InChI=1S/C8H13NO.C7H13NO2/c1-2-7-5-3-4-6-9-8(7)10;1-4-7(9)10-6-5-8(2)3/h2,7H,1,3-6H2,(H,9,10);4H,1,5-6H2,2-3H3. The van der Waals surface area contributed by atoms with Gasteiger partial charge in [-0.2, -0.15) is 0 Å². The summed E-state index contributed by atoms with van der Waals surface area (Å²) in [7, 11) is 3.84. The van der Waals surface area contributed by atoms with E-state index in [2.05, 4.69) is 18.5 Å². The summed E-state index contributed by atoms with van der Waals surface area (Å²) in [6, 6.07) is 0. The number of nitrogens with one attached hydrogen (secondary N) is 1. The third-order valence-electron chi connectivity index (χ3n) is 2.81. The monoisotopic (exact) mass is 282 g/mol.